The lowest BCUT2D eigenvalue weighted by Gasteiger charge is -2.36. The van der Waals surface area contributed by atoms with Gasteiger partial charge in [-0.25, -0.2) is 0 Å². The number of halogens is 2. The van der Waals surface area contributed by atoms with Gasteiger partial charge in [0.05, 0.1) is 21.8 Å². The van der Waals surface area contributed by atoms with E-state index in [9.17, 15) is 9.59 Å². The molecule has 0 radical (unpaired) electrons. The highest BCUT2D eigenvalue weighted by Crippen LogP contribution is 2.39. The second-order valence-electron chi connectivity index (χ2n) is 9.69. The summed E-state index contributed by atoms with van der Waals surface area (Å²) >= 11 is 12.4. The molecule has 4 rings (SSSR count). The van der Waals surface area contributed by atoms with Gasteiger partial charge in [0, 0.05) is 32.1 Å². The normalized spacial score (nSPS) is 13.7. The molecule has 0 spiro atoms. The third kappa shape index (κ3) is 6.90. The third-order valence-electron chi connectivity index (χ3n) is 6.90. The van der Waals surface area contributed by atoms with Crippen LogP contribution in [0.1, 0.15) is 38.3 Å². The summed E-state index contributed by atoms with van der Waals surface area (Å²) in [5.41, 5.74) is 3.56. The number of nitrogens with zero attached hydrogens (tertiary/aromatic N) is 4. The van der Waals surface area contributed by atoms with Gasteiger partial charge in [-0.3, -0.25) is 19.5 Å². The average molecular weight is 570 g/mol. The topological polar surface area (TPSA) is 66.0 Å². The fourth-order valence-corrected chi connectivity index (χ4v) is 5.16. The van der Waals surface area contributed by atoms with Gasteiger partial charge in [-0.15, -0.1) is 0 Å². The SMILES string of the molecule is CCCN(CCC)CC(c1ccc(-c2cccnc2)cc1)N(C)C(=O)CN1C(=O)COc2cc(Cl)c(Cl)cc21. The van der Waals surface area contributed by atoms with Crippen molar-refractivity contribution in [2.75, 3.05) is 44.7 Å². The minimum Gasteiger partial charge on any atom is -0.482 e. The molecule has 2 amide bonds. The molecule has 1 atom stereocenters. The Balaban J connectivity index is 1.61. The van der Waals surface area contributed by atoms with Crippen molar-refractivity contribution in [1.29, 1.82) is 0 Å². The molecule has 1 aromatic heterocycles. The lowest BCUT2D eigenvalue weighted by atomic mass is 10.00. The van der Waals surface area contributed by atoms with Crippen molar-refractivity contribution >= 4 is 40.7 Å². The van der Waals surface area contributed by atoms with Crippen LogP contribution in [-0.4, -0.2) is 66.4 Å². The van der Waals surface area contributed by atoms with E-state index < -0.39 is 0 Å². The number of hydrogen-bond acceptors (Lipinski definition) is 5. The largest absolute Gasteiger partial charge is 0.482 e. The van der Waals surface area contributed by atoms with Gasteiger partial charge in [-0.1, -0.05) is 67.4 Å². The van der Waals surface area contributed by atoms with E-state index in [1.165, 1.54) is 4.90 Å². The maximum atomic E-state index is 13.7. The van der Waals surface area contributed by atoms with E-state index in [-0.39, 0.29) is 31.0 Å². The van der Waals surface area contributed by atoms with Crippen molar-refractivity contribution in [3.63, 3.8) is 0 Å². The molecule has 0 fully saturated rings. The Hall–Kier alpha value is -3.13. The van der Waals surface area contributed by atoms with E-state index in [4.69, 9.17) is 27.9 Å². The highest BCUT2D eigenvalue weighted by atomic mass is 35.5. The summed E-state index contributed by atoms with van der Waals surface area (Å²) in [6, 6.07) is 15.2. The smallest absolute Gasteiger partial charge is 0.265 e. The van der Waals surface area contributed by atoms with Crippen molar-refractivity contribution in [1.82, 2.24) is 14.8 Å². The molecule has 1 unspecified atom stereocenters. The average Bonchev–Trinajstić information content (AvgIpc) is 2.94. The summed E-state index contributed by atoms with van der Waals surface area (Å²) in [5.74, 6) is -0.0609. The first kappa shape index (κ1) is 28.9. The Morgan fingerprint density at radius 3 is 2.38 bits per heavy atom. The van der Waals surface area contributed by atoms with E-state index in [1.54, 1.807) is 30.3 Å². The van der Waals surface area contributed by atoms with Crippen molar-refractivity contribution in [3.8, 4) is 16.9 Å². The minimum absolute atomic E-state index is 0.129. The van der Waals surface area contributed by atoms with Crippen LogP contribution in [0.3, 0.4) is 0 Å². The zero-order valence-electron chi connectivity index (χ0n) is 22.6. The molecule has 2 aromatic carbocycles. The van der Waals surface area contributed by atoms with Crippen LogP contribution in [-0.2, 0) is 9.59 Å². The van der Waals surface area contributed by atoms with Crippen molar-refractivity contribution in [2.24, 2.45) is 0 Å². The van der Waals surface area contributed by atoms with E-state index in [2.05, 4.69) is 48.0 Å². The number of pyridine rings is 1. The number of amides is 2. The molecule has 2 heterocycles. The summed E-state index contributed by atoms with van der Waals surface area (Å²) in [5, 5.41) is 0.621. The molecule has 7 nitrogen and oxygen atoms in total. The lowest BCUT2D eigenvalue weighted by Crippen LogP contribution is -2.48. The van der Waals surface area contributed by atoms with Crippen molar-refractivity contribution in [3.05, 3.63) is 76.5 Å². The summed E-state index contributed by atoms with van der Waals surface area (Å²) in [6.07, 6.45) is 5.63. The molecular weight excluding hydrogens is 535 g/mol. The summed E-state index contributed by atoms with van der Waals surface area (Å²) in [4.78, 5) is 36.3. The number of ether oxygens (including phenoxy) is 1. The second kappa shape index (κ2) is 13.3. The molecule has 1 aliphatic rings. The monoisotopic (exact) mass is 568 g/mol. The van der Waals surface area contributed by atoms with Crippen molar-refractivity contribution < 1.29 is 14.3 Å². The Kier molecular flexibility index (Phi) is 9.83. The van der Waals surface area contributed by atoms with E-state index >= 15 is 0 Å². The first-order valence-electron chi connectivity index (χ1n) is 13.2. The van der Waals surface area contributed by atoms with E-state index in [0.717, 1.165) is 42.6 Å². The zero-order valence-corrected chi connectivity index (χ0v) is 24.1. The number of hydrogen-bond donors (Lipinski definition) is 0. The lowest BCUT2D eigenvalue weighted by molar-refractivity contribution is -0.133. The minimum atomic E-state index is -0.307. The first-order valence-corrected chi connectivity index (χ1v) is 14.0. The summed E-state index contributed by atoms with van der Waals surface area (Å²) < 4.78 is 5.54. The van der Waals surface area contributed by atoms with Gasteiger partial charge in [-0.05, 0) is 54.8 Å². The van der Waals surface area contributed by atoms with Crippen LogP contribution >= 0.6 is 23.2 Å². The zero-order chi connectivity index (χ0) is 27.9. The molecule has 0 saturated heterocycles. The van der Waals surface area contributed by atoms with Gasteiger partial charge < -0.3 is 14.5 Å². The van der Waals surface area contributed by atoms with Crippen LogP contribution in [0.15, 0.2) is 60.9 Å². The van der Waals surface area contributed by atoms with E-state index in [0.29, 0.717) is 28.0 Å². The molecule has 0 N–H and O–H groups in total. The van der Waals surface area contributed by atoms with Gasteiger partial charge in [0.2, 0.25) is 5.91 Å². The maximum absolute atomic E-state index is 13.7. The number of benzene rings is 2. The fourth-order valence-electron chi connectivity index (χ4n) is 4.84. The van der Waals surface area contributed by atoms with Gasteiger partial charge in [0.25, 0.3) is 5.91 Å². The highest BCUT2D eigenvalue weighted by Gasteiger charge is 2.31. The predicted molar refractivity (Wildman–Crippen MR) is 157 cm³/mol. The number of carbonyl (C=O) groups excluding carboxylic acids is 2. The number of carbonyl (C=O) groups is 2. The molecule has 0 saturated carbocycles. The molecule has 0 aliphatic carbocycles. The van der Waals surface area contributed by atoms with Crippen LogP contribution in [0.5, 0.6) is 5.75 Å². The third-order valence-corrected chi connectivity index (χ3v) is 7.62. The van der Waals surface area contributed by atoms with Crippen molar-refractivity contribution in [2.45, 2.75) is 32.7 Å². The van der Waals surface area contributed by atoms with Crippen LogP contribution in [0.2, 0.25) is 10.0 Å². The Labute approximate surface area is 240 Å². The summed E-state index contributed by atoms with van der Waals surface area (Å²) in [7, 11) is 1.80. The Morgan fingerprint density at radius 1 is 1.05 bits per heavy atom. The fraction of sp³-hybridized carbons (Fsp3) is 0.367. The van der Waals surface area contributed by atoms with Gasteiger partial charge in [0.15, 0.2) is 6.61 Å². The predicted octanol–water partition coefficient (Wildman–Crippen LogP) is 6.10. The van der Waals surface area contributed by atoms with Crippen LogP contribution in [0.4, 0.5) is 5.69 Å². The maximum Gasteiger partial charge on any atom is 0.265 e. The molecule has 3 aromatic rings. The molecule has 206 valence electrons. The van der Waals surface area contributed by atoms with Gasteiger partial charge in [0.1, 0.15) is 12.3 Å². The summed E-state index contributed by atoms with van der Waals surface area (Å²) in [6.45, 7) is 6.59. The Morgan fingerprint density at radius 2 is 1.74 bits per heavy atom. The molecule has 39 heavy (non-hydrogen) atoms. The van der Waals surface area contributed by atoms with Gasteiger partial charge in [-0.2, -0.15) is 0 Å². The number of anilines is 1. The molecular formula is C30H34Cl2N4O3. The molecule has 1 aliphatic heterocycles. The number of aromatic nitrogens is 1. The first-order chi connectivity index (χ1) is 18.8. The van der Waals surface area contributed by atoms with Crippen LogP contribution < -0.4 is 9.64 Å². The number of rotatable bonds is 11. The van der Waals surface area contributed by atoms with Crippen LogP contribution in [0, 0.1) is 0 Å². The highest BCUT2D eigenvalue weighted by molar-refractivity contribution is 6.42. The molecule has 9 heteroatoms. The number of likely N-dealkylation sites (N-methyl/N-ethyl adjacent to an activating group) is 1. The second-order valence-corrected chi connectivity index (χ2v) is 10.5. The van der Waals surface area contributed by atoms with E-state index in [1.807, 2.05) is 18.3 Å². The standard InChI is InChI=1S/C30H34Cl2N4O3/c1-4-13-35(14-5-2)18-27(22-10-8-21(9-11-22)23-7-6-12-33-17-23)34(3)29(37)19-36-26-15-24(31)25(32)16-28(26)39-20-30(36)38/h6-12,15-17,27H,4-5,13-14,18-20H2,1-3H3. The quantitative estimate of drug-likeness (QED) is 0.279. The number of fused-ring (bicyclic) bond motifs is 1. The van der Waals surface area contributed by atoms with Gasteiger partial charge >= 0.3 is 0 Å². The Bertz CT molecular complexity index is 1280. The molecule has 0 bridgehead atoms. The van der Waals surface area contributed by atoms with Crippen LogP contribution in [0.25, 0.3) is 11.1 Å².